The molecule has 0 aliphatic carbocycles. The van der Waals surface area contributed by atoms with Crippen LogP contribution in [0, 0.1) is 13.8 Å². The molecule has 0 bridgehead atoms. The molecule has 0 aliphatic heterocycles. The molecular weight excluding hydrogens is 266 g/mol. The van der Waals surface area contributed by atoms with Crippen LogP contribution >= 0.6 is 0 Å². The predicted octanol–water partition coefficient (Wildman–Crippen LogP) is 2.18. The standard InChI is InChI=1S/C17H29NO3/c1-5-8-17(4,20)12-18-10-15(19)11-21-16-9-13(2)6-7-14(16)3/h6-7,9,15,18-20H,5,8,10-12H2,1-4H3. The molecular formula is C17H29NO3. The Hall–Kier alpha value is -1.10. The van der Waals surface area contributed by atoms with Crippen molar-refractivity contribution in [1.29, 1.82) is 0 Å². The van der Waals surface area contributed by atoms with Crippen molar-refractivity contribution in [3.05, 3.63) is 29.3 Å². The number of hydrogen-bond donors (Lipinski definition) is 3. The molecule has 1 aromatic rings. The van der Waals surface area contributed by atoms with Gasteiger partial charge in [-0.1, -0.05) is 25.5 Å². The van der Waals surface area contributed by atoms with Crippen LogP contribution in [0.5, 0.6) is 5.75 Å². The first kappa shape index (κ1) is 18.0. The van der Waals surface area contributed by atoms with Crippen molar-refractivity contribution < 1.29 is 14.9 Å². The minimum atomic E-state index is -0.720. The Kier molecular flexibility index (Phi) is 7.15. The maximum Gasteiger partial charge on any atom is 0.122 e. The molecule has 120 valence electrons. The Balaban J connectivity index is 2.31. The molecule has 0 spiro atoms. The third-order valence-corrected chi connectivity index (χ3v) is 3.45. The monoisotopic (exact) mass is 295 g/mol. The molecule has 4 heteroatoms. The third kappa shape index (κ3) is 6.93. The smallest absolute Gasteiger partial charge is 0.122 e. The molecule has 1 aromatic carbocycles. The van der Waals surface area contributed by atoms with Crippen molar-refractivity contribution in [3.63, 3.8) is 0 Å². The number of benzene rings is 1. The second-order valence-corrected chi connectivity index (χ2v) is 6.11. The average molecular weight is 295 g/mol. The fourth-order valence-electron chi connectivity index (χ4n) is 2.24. The molecule has 0 aliphatic rings. The molecule has 2 unspecified atom stereocenters. The lowest BCUT2D eigenvalue weighted by Gasteiger charge is -2.24. The fourth-order valence-corrected chi connectivity index (χ4v) is 2.24. The van der Waals surface area contributed by atoms with Crippen LogP contribution in [-0.4, -0.2) is 41.6 Å². The summed E-state index contributed by atoms with van der Waals surface area (Å²) in [5.74, 6) is 0.812. The van der Waals surface area contributed by atoms with E-state index in [1.807, 2.05) is 45.9 Å². The van der Waals surface area contributed by atoms with Gasteiger partial charge < -0.3 is 20.3 Å². The lowest BCUT2D eigenvalue weighted by atomic mass is 10.0. The zero-order valence-electron chi connectivity index (χ0n) is 13.6. The first-order valence-electron chi connectivity index (χ1n) is 7.65. The van der Waals surface area contributed by atoms with Gasteiger partial charge in [-0.3, -0.25) is 0 Å². The summed E-state index contributed by atoms with van der Waals surface area (Å²) in [6.45, 7) is 8.98. The van der Waals surface area contributed by atoms with Crippen molar-refractivity contribution in [2.75, 3.05) is 19.7 Å². The van der Waals surface area contributed by atoms with Crippen LogP contribution in [0.3, 0.4) is 0 Å². The van der Waals surface area contributed by atoms with Gasteiger partial charge in [0.15, 0.2) is 0 Å². The third-order valence-electron chi connectivity index (χ3n) is 3.45. The normalized spacial score (nSPS) is 15.5. The van der Waals surface area contributed by atoms with Gasteiger partial charge in [0.25, 0.3) is 0 Å². The molecule has 2 atom stereocenters. The van der Waals surface area contributed by atoms with E-state index in [0.29, 0.717) is 13.1 Å². The van der Waals surface area contributed by atoms with Gasteiger partial charge in [-0.05, 0) is 44.4 Å². The molecule has 21 heavy (non-hydrogen) atoms. The van der Waals surface area contributed by atoms with Gasteiger partial charge in [0.2, 0.25) is 0 Å². The molecule has 3 N–H and O–H groups in total. The van der Waals surface area contributed by atoms with E-state index in [2.05, 4.69) is 5.32 Å². The molecule has 0 saturated heterocycles. The van der Waals surface area contributed by atoms with Crippen LogP contribution in [0.15, 0.2) is 18.2 Å². The molecule has 4 nitrogen and oxygen atoms in total. The van der Waals surface area contributed by atoms with Crippen LogP contribution in [-0.2, 0) is 0 Å². The van der Waals surface area contributed by atoms with Gasteiger partial charge in [0.05, 0.1) is 5.60 Å². The van der Waals surface area contributed by atoms with E-state index in [1.165, 1.54) is 0 Å². The molecule has 0 heterocycles. The Bertz CT molecular complexity index is 432. The van der Waals surface area contributed by atoms with Crippen molar-refractivity contribution in [1.82, 2.24) is 5.32 Å². The summed E-state index contributed by atoms with van der Waals surface area (Å²) in [6, 6.07) is 6.02. The van der Waals surface area contributed by atoms with Gasteiger partial charge in [-0.25, -0.2) is 0 Å². The maximum absolute atomic E-state index is 10.0. The lowest BCUT2D eigenvalue weighted by molar-refractivity contribution is 0.0427. The van der Waals surface area contributed by atoms with Crippen molar-refractivity contribution in [2.24, 2.45) is 0 Å². The molecule has 1 rings (SSSR count). The number of rotatable bonds is 9. The highest BCUT2D eigenvalue weighted by Gasteiger charge is 2.18. The quantitative estimate of drug-likeness (QED) is 0.653. The van der Waals surface area contributed by atoms with E-state index in [1.54, 1.807) is 0 Å². The van der Waals surface area contributed by atoms with Gasteiger partial charge in [0, 0.05) is 13.1 Å². The highest BCUT2D eigenvalue weighted by Crippen LogP contribution is 2.19. The molecule has 0 saturated carbocycles. The average Bonchev–Trinajstić information content (AvgIpc) is 2.39. The van der Waals surface area contributed by atoms with E-state index < -0.39 is 11.7 Å². The number of nitrogens with one attached hydrogen (secondary N) is 1. The summed E-state index contributed by atoms with van der Waals surface area (Å²) < 4.78 is 5.66. The first-order chi connectivity index (χ1) is 9.84. The van der Waals surface area contributed by atoms with Crippen molar-refractivity contribution in [3.8, 4) is 5.75 Å². The van der Waals surface area contributed by atoms with Crippen LogP contribution in [0.1, 0.15) is 37.8 Å². The molecule has 0 amide bonds. The Morgan fingerprint density at radius 3 is 2.71 bits per heavy atom. The lowest BCUT2D eigenvalue weighted by Crippen LogP contribution is -2.41. The van der Waals surface area contributed by atoms with Gasteiger partial charge in [-0.2, -0.15) is 0 Å². The van der Waals surface area contributed by atoms with Crippen LogP contribution in [0.4, 0.5) is 0 Å². The van der Waals surface area contributed by atoms with Crippen molar-refractivity contribution in [2.45, 2.75) is 52.2 Å². The SMILES string of the molecule is CCCC(C)(O)CNCC(O)COc1cc(C)ccc1C. The summed E-state index contributed by atoms with van der Waals surface area (Å²) in [4.78, 5) is 0. The summed E-state index contributed by atoms with van der Waals surface area (Å²) in [7, 11) is 0. The van der Waals surface area contributed by atoms with E-state index in [4.69, 9.17) is 4.74 Å². The van der Waals surface area contributed by atoms with E-state index in [-0.39, 0.29) is 6.61 Å². The second-order valence-electron chi connectivity index (χ2n) is 6.11. The highest BCUT2D eigenvalue weighted by molar-refractivity contribution is 5.35. The van der Waals surface area contributed by atoms with E-state index in [9.17, 15) is 10.2 Å². The van der Waals surface area contributed by atoms with Crippen LogP contribution < -0.4 is 10.1 Å². The number of aliphatic hydroxyl groups excluding tert-OH is 1. The highest BCUT2D eigenvalue weighted by atomic mass is 16.5. The van der Waals surface area contributed by atoms with Crippen LogP contribution in [0.2, 0.25) is 0 Å². The van der Waals surface area contributed by atoms with Crippen LogP contribution in [0.25, 0.3) is 0 Å². The van der Waals surface area contributed by atoms with E-state index in [0.717, 1.165) is 29.7 Å². The topological polar surface area (TPSA) is 61.7 Å². The number of ether oxygens (including phenoxy) is 1. The molecule has 0 fully saturated rings. The summed E-state index contributed by atoms with van der Waals surface area (Å²) in [5.41, 5.74) is 1.48. The maximum atomic E-state index is 10.0. The predicted molar refractivity (Wildman–Crippen MR) is 85.8 cm³/mol. The molecule has 0 aromatic heterocycles. The van der Waals surface area contributed by atoms with Gasteiger partial charge in [0.1, 0.15) is 18.5 Å². The summed E-state index contributed by atoms with van der Waals surface area (Å²) in [5, 5.41) is 23.0. The minimum Gasteiger partial charge on any atom is -0.491 e. The van der Waals surface area contributed by atoms with Gasteiger partial charge >= 0.3 is 0 Å². The van der Waals surface area contributed by atoms with Gasteiger partial charge in [-0.15, -0.1) is 0 Å². The zero-order valence-corrected chi connectivity index (χ0v) is 13.6. The zero-order chi connectivity index (χ0) is 15.9. The minimum absolute atomic E-state index is 0.243. The molecule has 0 radical (unpaired) electrons. The second kappa shape index (κ2) is 8.37. The number of aryl methyl sites for hydroxylation is 2. The summed E-state index contributed by atoms with van der Waals surface area (Å²) in [6.07, 6.45) is 1.09. The Morgan fingerprint density at radius 2 is 2.05 bits per heavy atom. The first-order valence-corrected chi connectivity index (χ1v) is 7.65. The fraction of sp³-hybridized carbons (Fsp3) is 0.647. The number of hydrogen-bond acceptors (Lipinski definition) is 4. The van der Waals surface area contributed by atoms with Crippen molar-refractivity contribution >= 4 is 0 Å². The Labute approximate surface area is 128 Å². The number of aliphatic hydroxyl groups is 2. The van der Waals surface area contributed by atoms with E-state index >= 15 is 0 Å². The largest absolute Gasteiger partial charge is 0.491 e. The Morgan fingerprint density at radius 1 is 1.33 bits per heavy atom. The summed E-state index contributed by atoms with van der Waals surface area (Å²) >= 11 is 0.